The predicted octanol–water partition coefficient (Wildman–Crippen LogP) is 2.79. The number of amides is 1. The molecule has 1 aliphatic rings. The maximum absolute atomic E-state index is 12.7. The number of halogens is 3. The lowest BCUT2D eigenvalue weighted by Crippen LogP contribution is -2.37. The zero-order chi connectivity index (χ0) is 16.5. The Balaban J connectivity index is 2.31. The second-order valence-electron chi connectivity index (χ2n) is 5.02. The number of rotatable bonds is 4. The van der Waals surface area contributed by atoms with E-state index in [0.717, 1.165) is 0 Å². The van der Waals surface area contributed by atoms with Crippen LogP contribution in [-0.4, -0.2) is 37.8 Å². The van der Waals surface area contributed by atoms with E-state index >= 15 is 0 Å². The zero-order valence-corrected chi connectivity index (χ0v) is 15.7. The molecular weight excluding hydrogens is 415 g/mol. The number of nitrogens with zero attached hydrogens (tertiary/aromatic N) is 1. The Labute approximate surface area is 148 Å². The van der Waals surface area contributed by atoms with E-state index in [9.17, 15) is 13.2 Å². The van der Waals surface area contributed by atoms with Gasteiger partial charge in [-0.05, 0) is 18.6 Å². The van der Waals surface area contributed by atoms with Gasteiger partial charge in [-0.25, -0.2) is 8.42 Å². The summed E-state index contributed by atoms with van der Waals surface area (Å²) in [7, 11) is -3.72. The molecule has 1 aromatic rings. The molecule has 9 heteroatoms. The Kier molecular flexibility index (Phi) is 5.77. The fourth-order valence-corrected chi connectivity index (χ4v) is 5.68. The number of nitrogens with one attached hydrogen (secondary N) is 1. The van der Waals surface area contributed by atoms with Gasteiger partial charge in [0.2, 0.25) is 15.9 Å². The Morgan fingerprint density at radius 3 is 2.73 bits per heavy atom. The maximum atomic E-state index is 12.7. The highest BCUT2D eigenvalue weighted by atomic mass is 79.9. The van der Waals surface area contributed by atoms with Crippen molar-refractivity contribution in [3.63, 3.8) is 0 Å². The molecule has 22 heavy (non-hydrogen) atoms. The minimum Gasteiger partial charge on any atom is -0.352 e. The van der Waals surface area contributed by atoms with Crippen molar-refractivity contribution in [2.75, 3.05) is 13.1 Å². The van der Waals surface area contributed by atoms with Crippen LogP contribution in [0.15, 0.2) is 17.0 Å². The van der Waals surface area contributed by atoms with E-state index in [2.05, 4.69) is 21.2 Å². The van der Waals surface area contributed by atoms with Crippen molar-refractivity contribution in [3.8, 4) is 0 Å². The second kappa shape index (κ2) is 7.05. The van der Waals surface area contributed by atoms with E-state index in [0.29, 0.717) is 28.9 Å². The first-order chi connectivity index (χ1) is 10.3. The van der Waals surface area contributed by atoms with Gasteiger partial charge in [0, 0.05) is 42.0 Å². The van der Waals surface area contributed by atoms with Crippen LogP contribution in [0.1, 0.15) is 18.9 Å². The third-order valence-electron chi connectivity index (χ3n) is 3.46. The maximum Gasteiger partial charge on any atom is 0.244 e. The van der Waals surface area contributed by atoms with Crippen molar-refractivity contribution in [1.82, 2.24) is 9.62 Å². The Morgan fingerprint density at radius 2 is 2.14 bits per heavy atom. The lowest BCUT2D eigenvalue weighted by atomic mass is 10.2. The molecule has 1 fully saturated rings. The quantitative estimate of drug-likeness (QED) is 0.748. The number of hydrogen-bond donors (Lipinski definition) is 1. The van der Waals surface area contributed by atoms with Gasteiger partial charge in [-0.3, -0.25) is 4.79 Å². The fourth-order valence-electron chi connectivity index (χ4n) is 2.39. The van der Waals surface area contributed by atoms with Gasteiger partial charge in [-0.2, -0.15) is 4.31 Å². The fraction of sp³-hybridized carbons (Fsp3) is 0.462. The van der Waals surface area contributed by atoms with Crippen molar-refractivity contribution in [1.29, 1.82) is 0 Å². The third-order valence-corrected chi connectivity index (χ3v) is 6.83. The molecule has 1 heterocycles. The number of alkyl halides is 1. The average Bonchev–Trinajstić information content (AvgIpc) is 2.87. The van der Waals surface area contributed by atoms with Crippen LogP contribution < -0.4 is 5.32 Å². The van der Waals surface area contributed by atoms with E-state index in [1.165, 1.54) is 23.4 Å². The summed E-state index contributed by atoms with van der Waals surface area (Å²) >= 11 is 15.5. The van der Waals surface area contributed by atoms with Crippen molar-refractivity contribution in [2.45, 2.75) is 29.6 Å². The molecule has 1 atom stereocenters. The zero-order valence-electron chi connectivity index (χ0n) is 11.8. The number of carbonyl (C=O) groups excluding carboxylic acids is 1. The van der Waals surface area contributed by atoms with E-state index < -0.39 is 10.0 Å². The van der Waals surface area contributed by atoms with Crippen LogP contribution in [0.5, 0.6) is 0 Å². The van der Waals surface area contributed by atoms with Crippen molar-refractivity contribution in [3.05, 3.63) is 27.7 Å². The van der Waals surface area contributed by atoms with E-state index in [1.807, 2.05) is 0 Å². The highest BCUT2D eigenvalue weighted by Gasteiger charge is 2.34. The van der Waals surface area contributed by atoms with Gasteiger partial charge in [-0.1, -0.05) is 39.1 Å². The molecule has 0 aliphatic carbocycles. The molecule has 0 radical (unpaired) electrons. The van der Waals surface area contributed by atoms with Crippen molar-refractivity contribution >= 4 is 55.1 Å². The highest BCUT2D eigenvalue weighted by Crippen LogP contribution is 2.34. The lowest BCUT2D eigenvalue weighted by Gasteiger charge is -2.19. The van der Waals surface area contributed by atoms with E-state index in [4.69, 9.17) is 23.2 Å². The Hall–Kier alpha value is -0.340. The molecule has 122 valence electrons. The van der Waals surface area contributed by atoms with Gasteiger partial charge in [0.15, 0.2) is 0 Å². The smallest absolute Gasteiger partial charge is 0.244 e. The summed E-state index contributed by atoms with van der Waals surface area (Å²) in [5.74, 6) is -0.171. The first-order valence-electron chi connectivity index (χ1n) is 6.57. The van der Waals surface area contributed by atoms with Gasteiger partial charge in [-0.15, -0.1) is 0 Å². The van der Waals surface area contributed by atoms with Crippen LogP contribution in [0.2, 0.25) is 10.0 Å². The number of carbonyl (C=O) groups is 1. The van der Waals surface area contributed by atoms with Gasteiger partial charge in [0.25, 0.3) is 0 Å². The monoisotopic (exact) mass is 428 g/mol. The SMILES string of the molecule is CC(=O)N[C@H]1CCN(S(=O)(=O)c2ccc(Cl)c(CBr)c2Cl)C1. The molecule has 1 aliphatic heterocycles. The van der Waals surface area contributed by atoms with Gasteiger partial charge >= 0.3 is 0 Å². The Bertz CT molecular complexity index is 697. The number of benzene rings is 1. The lowest BCUT2D eigenvalue weighted by molar-refractivity contribution is -0.119. The van der Waals surface area contributed by atoms with Gasteiger partial charge in [0.05, 0.1) is 5.02 Å². The molecule has 5 nitrogen and oxygen atoms in total. The van der Waals surface area contributed by atoms with Crippen LogP contribution in [0.4, 0.5) is 0 Å². The molecule has 1 N–H and O–H groups in total. The Morgan fingerprint density at radius 1 is 1.45 bits per heavy atom. The van der Waals surface area contributed by atoms with E-state index in [-0.39, 0.29) is 28.4 Å². The molecule has 0 saturated carbocycles. The number of sulfonamides is 1. The summed E-state index contributed by atoms with van der Waals surface area (Å²) in [6.45, 7) is 2.00. The number of hydrogen-bond acceptors (Lipinski definition) is 3. The summed E-state index contributed by atoms with van der Waals surface area (Å²) in [5, 5.41) is 3.65. The topological polar surface area (TPSA) is 66.5 Å². The molecule has 1 aromatic carbocycles. The van der Waals surface area contributed by atoms with Crippen LogP contribution in [0.25, 0.3) is 0 Å². The normalized spacial score (nSPS) is 19.4. The first-order valence-corrected chi connectivity index (χ1v) is 9.89. The summed E-state index contributed by atoms with van der Waals surface area (Å²) < 4.78 is 26.8. The van der Waals surface area contributed by atoms with E-state index in [1.54, 1.807) is 0 Å². The largest absolute Gasteiger partial charge is 0.352 e. The summed E-state index contributed by atoms with van der Waals surface area (Å²) in [6.07, 6.45) is 0.579. The summed E-state index contributed by atoms with van der Waals surface area (Å²) in [5.41, 5.74) is 0.544. The summed E-state index contributed by atoms with van der Waals surface area (Å²) in [6, 6.07) is 2.77. The molecular formula is C13H15BrCl2N2O3S. The van der Waals surface area contributed by atoms with Crippen LogP contribution in [0, 0.1) is 0 Å². The molecule has 0 aromatic heterocycles. The van der Waals surface area contributed by atoms with Crippen molar-refractivity contribution < 1.29 is 13.2 Å². The first kappa shape index (κ1) is 18.0. The van der Waals surface area contributed by atoms with Gasteiger partial charge < -0.3 is 5.32 Å². The molecule has 0 unspecified atom stereocenters. The van der Waals surface area contributed by atoms with Gasteiger partial charge in [0.1, 0.15) is 4.90 Å². The molecule has 0 bridgehead atoms. The second-order valence-corrected chi connectivity index (χ2v) is 8.27. The minimum absolute atomic E-state index is 0.0384. The standard InChI is InChI=1S/C13H15BrCl2N2O3S/c1-8(19)17-9-4-5-18(7-9)22(20,21)12-3-2-11(15)10(6-14)13(12)16/h2-3,9H,4-7H2,1H3,(H,17,19)/t9-/m0/s1. The molecule has 0 spiro atoms. The minimum atomic E-state index is -3.72. The highest BCUT2D eigenvalue weighted by molar-refractivity contribution is 9.08. The average molecular weight is 430 g/mol. The molecule has 2 rings (SSSR count). The molecule has 1 saturated heterocycles. The predicted molar refractivity (Wildman–Crippen MR) is 90.1 cm³/mol. The summed E-state index contributed by atoms with van der Waals surface area (Å²) in [4.78, 5) is 11.1. The molecule has 1 amide bonds. The van der Waals surface area contributed by atoms with Crippen LogP contribution >= 0.6 is 39.1 Å². The van der Waals surface area contributed by atoms with Crippen LogP contribution in [0.3, 0.4) is 0 Å². The third kappa shape index (κ3) is 3.59. The van der Waals surface area contributed by atoms with Crippen molar-refractivity contribution in [2.24, 2.45) is 0 Å². The van der Waals surface area contributed by atoms with Crippen LogP contribution in [-0.2, 0) is 20.1 Å².